The van der Waals surface area contributed by atoms with E-state index in [9.17, 15) is 24.3 Å². The van der Waals surface area contributed by atoms with Gasteiger partial charge in [0.05, 0.1) is 69.7 Å². The number of carboxylic acid groups (broad SMARTS) is 1. The molecule has 3 atom stereocenters. The van der Waals surface area contributed by atoms with E-state index < -0.39 is 11.4 Å². The van der Waals surface area contributed by atoms with Gasteiger partial charge in [0, 0.05) is 91.5 Å². The molecule has 2 aromatic rings. The Morgan fingerprint density at radius 3 is 2.29 bits per heavy atom. The maximum absolute atomic E-state index is 13.6. The van der Waals surface area contributed by atoms with Crippen molar-refractivity contribution in [2.24, 2.45) is 5.92 Å². The Balaban J connectivity index is 0.806. The van der Waals surface area contributed by atoms with Gasteiger partial charge < -0.3 is 55.5 Å². The van der Waals surface area contributed by atoms with E-state index in [1.165, 1.54) is 6.07 Å². The number of anilines is 1. The smallest absolute Gasteiger partial charge is 0.336 e. The number of allylic oxidation sites excluding steroid dienone is 5. The van der Waals surface area contributed by atoms with E-state index in [0.29, 0.717) is 120 Å². The summed E-state index contributed by atoms with van der Waals surface area (Å²) in [6, 6.07) is 12.2. The zero-order valence-corrected chi connectivity index (χ0v) is 46.1. The molecule has 3 amide bonds. The van der Waals surface area contributed by atoms with Crippen LogP contribution < -0.4 is 31.5 Å². The number of nitrogens with zero attached hydrogens (tertiary/aromatic N) is 2. The van der Waals surface area contributed by atoms with E-state index in [-0.39, 0.29) is 35.7 Å². The molecule has 4 aliphatic heterocycles. The first-order chi connectivity index (χ1) is 36.9. The van der Waals surface area contributed by atoms with Gasteiger partial charge in [0.15, 0.2) is 24.7 Å². The maximum atomic E-state index is 13.6. The number of aromatic carboxylic acids is 1. The number of carbonyl (C=O) groups excluding carboxylic acids is 3. The van der Waals surface area contributed by atoms with Gasteiger partial charge in [-0.1, -0.05) is 45.8 Å². The summed E-state index contributed by atoms with van der Waals surface area (Å²) in [4.78, 5) is 54.5. The fourth-order valence-corrected chi connectivity index (χ4v) is 12.5. The average molecular weight is 1090 g/mol. The summed E-state index contributed by atoms with van der Waals surface area (Å²) in [5.74, 6) is 1.11. The molecule has 18 heteroatoms. The van der Waals surface area contributed by atoms with Crippen LogP contribution in [0.2, 0.25) is 0 Å². The molecular formula is C58H79ClN7O9S+. The fraction of sp³-hybridized carbons (Fsp3) is 0.569. The summed E-state index contributed by atoms with van der Waals surface area (Å²) in [7, 11) is 0. The van der Waals surface area contributed by atoms with Gasteiger partial charge in [0.1, 0.15) is 0 Å². The van der Waals surface area contributed by atoms with Gasteiger partial charge in [-0.2, -0.15) is 11.8 Å². The highest BCUT2D eigenvalue weighted by molar-refractivity contribution is 8.00. The number of nitrogens with one attached hydrogen (secondary N) is 5. The van der Waals surface area contributed by atoms with E-state index in [4.69, 9.17) is 30.5 Å². The second-order valence-electron chi connectivity index (χ2n) is 20.9. The van der Waals surface area contributed by atoms with Crippen LogP contribution in [0, 0.1) is 5.92 Å². The molecule has 2 aliphatic carbocycles. The van der Waals surface area contributed by atoms with Crippen LogP contribution in [0.25, 0.3) is 5.57 Å². The van der Waals surface area contributed by atoms with Gasteiger partial charge in [-0.15, -0.1) is 11.6 Å². The lowest BCUT2D eigenvalue weighted by molar-refractivity contribution is -0.596. The molecule has 76 heavy (non-hydrogen) atoms. The Kier molecular flexibility index (Phi) is 21.0. The second kappa shape index (κ2) is 27.9. The van der Waals surface area contributed by atoms with E-state index in [0.717, 1.165) is 115 Å². The van der Waals surface area contributed by atoms with Crippen LogP contribution in [-0.2, 0) is 34.0 Å². The molecule has 8 rings (SSSR count). The fourth-order valence-electron chi connectivity index (χ4n) is 10.7. The van der Waals surface area contributed by atoms with E-state index in [1.807, 2.05) is 17.8 Å². The van der Waals surface area contributed by atoms with Crippen molar-refractivity contribution in [3.63, 3.8) is 0 Å². The molecule has 4 saturated heterocycles. The number of hydrogen-bond donors (Lipinski definition) is 6. The molecule has 0 aromatic heterocycles. The number of carboxylic acids is 1. The van der Waals surface area contributed by atoms with Crippen LogP contribution in [0.4, 0.5) is 5.69 Å². The SMILES string of the molecule is C=C1N[C@H]2[C@H](CS[C@H]2CCCCNC(=O)CCOCCOCCNC(=O)C2C[N+](=C3C=CC4=C(c5cc(C(=O)NCCOCCOCCCCCCCl)ccc5C(=O)O)c5ccc(N6CCC6)cc5C(C)(C)C4=C3)C2)N1. The van der Waals surface area contributed by atoms with Crippen LogP contribution in [0.3, 0.4) is 0 Å². The maximum Gasteiger partial charge on any atom is 0.336 e. The number of unbranched alkanes of at least 4 members (excludes halogenated alkanes) is 4. The average Bonchev–Trinajstić information content (AvgIpc) is 3.96. The molecule has 2 aromatic carbocycles. The quantitative estimate of drug-likeness (QED) is 0.0286. The number of halogens is 1. The Labute approximate surface area is 457 Å². The standard InChI is InChI=1S/C58H78ClN7O9S/c1-39-63-50-38-76-51(54(50)64-39)11-6-8-20-60-52(67)18-26-73-30-32-75-28-22-62-56(69)41-36-66(37-41)43-14-17-46-49(35-43)58(2,3)48-34-42(65-23-10-24-65)13-16-45(48)53(46)47-33-40(12-15-44(47)57(70)71)55(68)61-21-27-74-31-29-72-25-9-5-4-7-19-59/h12-17,33-35,41,50-51,54,63-64H,1,4-11,18-32,36-38H2,2-3H3,(H3-,60,61,62,67,68,69,70,71)/p+1/t50-,51-,54-/m0/s1. The van der Waals surface area contributed by atoms with Crippen molar-refractivity contribution in [2.45, 2.75) is 94.4 Å². The van der Waals surface area contributed by atoms with Gasteiger partial charge >= 0.3 is 5.97 Å². The molecule has 0 bridgehead atoms. The Bertz CT molecular complexity index is 2530. The monoisotopic (exact) mass is 1080 g/mol. The van der Waals surface area contributed by atoms with Crippen LogP contribution in [0.1, 0.15) is 109 Å². The van der Waals surface area contributed by atoms with E-state index in [2.05, 4.69) is 86.8 Å². The highest BCUT2D eigenvalue weighted by Gasteiger charge is 2.44. The summed E-state index contributed by atoms with van der Waals surface area (Å²) >= 11 is 7.76. The van der Waals surface area contributed by atoms with Gasteiger partial charge in [-0.25, -0.2) is 9.37 Å². The molecule has 0 unspecified atom stereocenters. The van der Waals surface area contributed by atoms with Crippen LogP contribution >= 0.6 is 23.4 Å². The normalized spacial score (nSPS) is 20.9. The number of ether oxygens (including phenoxy) is 4. The number of hydrogen-bond acceptors (Lipinski definition) is 12. The Hall–Kier alpha value is -5.17. The minimum absolute atomic E-state index is 0.00940. The van der Waals surface area contributed by atoms with Crippen LogP contribution in [0.5, 0.6) is 0 Å². The largest absolute Gasteiger partial charge is 0.478 e. The van der Waals surface area contributed by atoms with Crippen molar-refractivity contribution in [2.75, 3.05) is 115 Å². The van der Waals surface area contributed by atoms with Crippen molar-refractivity contribution in [1.29, 1.82) is 0 Å². The van der Waals surface area contributed by atoms with E-state index >= 15 is 0 Å². The number of alkyl halides is 1. The molecule has 0 saturated carbocycles. The predicted molar refractivity (Wildman–Crippen MR) is 300 cm³/mol. The third-order valence-electron chi connectivity index (χ3n) is 15.2. The highest BCUT2D eigenvalue weighted by Crippen LogP contribution is 2.51. The summed E-state index contributed by atoms with van der Waals surface area (Å²) < 4.78 is 24.9. The zero-order valence-electron chi connectivity index (χ0n) is 44.5. The molecule has 4 fully saturated rings. The van der Waals surface area contributed by atoms with Crippen molar-refractivity contribution in [3.05, 3.63) is 106 Å². The third-order valence-corrected chi connectivity index (χ3v) is 17.0. The minimum atomic E-state index is -1.08. The number of fused-ring (bicyclic) bond motifs is 3. The molecule has 4 heterocycles. The lowest BCUT2D eigenvalue weighted by Gasteiger charge is -2.41. The molecule has 6 aliphatic rings. The molecule has 0 spiro atoms. The van der Waals surface area contributed by atoms with Gasteiger partial charge in [-0.05, 0) is 102 Å². The summed E-state index contributed by atoms with van der Waals surface area (Å²) in [5, 5.41) is 27.0. The van der Waals surface area contributed by atoms with Crippen molar-refractivity contribution in [3.8, 4) is 0 Å². The number of amides is 3. The zero-order chi connectivity index (χ0) is 53.4. The summed E-state index contributed by atoms with van der Waals surface area (Å²) in [6.45, 7) is 16.2. The summed E-state index contributed by atoms with van der Waals surface area (Å²) in [6.07, 6.45) is 15.1. The Morgan fingerprint density at radius 1 is 0.816 bits per heavy atom. The predicted octanol–water partition coefficient (Wildman–Crippen LogP) is 6.17. The van der Waals surface area contributed by atoms with Crippen LogP contribution in [0.15, 0.2) is 78.2 Å². The van der Waals surface area contributed by atoms with E-state index in [1.54, 1.807) is 12.1 Å². The molecule has 0 radical (unpaired) electrons. The Morgan fingerprint density at radius 2 is 1.55 bits per heavy atom. The third kappa shape index (κ3) is 14.7. The summed E-state index contributed by atoms with van der Waals surface area (Å²) in [5.41, 5.74) is 7.27. The molecular weight excluding hydrogens is 1010 g/mol. The number of carbonyl (C=O) groups is 4. The lowest BCUT2D eigenvalue weighted by Crippen LogP contribution is -2.51. The number of rotatable bonds is 31. The molecule has 412 valence electrons. The number of thioether (sulfide) groups is 1. The first-order valence-corrected chi connectivity index (χ1v) is 29.1. The van der Waals surface area contributed by atoms with Crippen molar-refractivity contribution < 1.29 is 47.8 Å². The van der Waals surface area contributed by atoms with Crippen LogP contribution in [-0.4, -0.2) is 167 Å². The highest BCUT2D eigenvalue weighted by atomic mass is 35.5. The van der Waals surface area contributed by atoms with Gasteiger partial charge in [-0.3, -0.25) is 14.4 Å². The first kappa shape index (κ1) is 57.0. The lowest BCUT2D eigenvalue weighted by atomic mass is 9.64. The van der Waals surface area contributed by atoms with Gasteiger partial charge in [0.25, 0.3) is 5.91 Å². The molecule has 16 nitrogen and oxygen atoms in total. The molecule has 6 N–H and O–H groups in total. The van der Waals surface area contributed by atoms with Crippen molar-refractivity contribution in [1.82, 2.24) is 26.6 Å². The van der Waals surface area contributed by atoms with Gasteiger partial charge in [0.2, 0.25) is 11.8 Å². The first-order valence-electron chi connectivity index (χ1n) is 27.5. The van der Waals surface area contributed by atoms with Crippen molar-refractivity contribution >= 4 is 64.0 Å². The topological polar surface area (TPSA) is 192 Å². The minimum Gasteiger partial charge on any atom is -0.478 e. The second-order valence-corrected chi connectivity index (χ2v) is 22.6. The number of benzene rings is 2.